The number of para-hydroxylation sites is 1. The maximum absolute atomic E-state index is 12.0. The average Bonchev–Trinajstić information content (AvgIpc) is 2.59. The molecule has 0 aliphatic rings. The number of Topliss-reactive ketones (excluding diaryl/α,β-unsaturated/α-hetero) is 1. The van der Waals surface area contributed by atoms with Crippen LogP contribution in [0.25, 0.3) is 11.1 Å². The Labute approximate surface area is 140 Å². The first-order valence-corrected chi connectivity index (χ1v) is 7.65. The Balaban J connectivity index is 1.95. The molecule has 0 saturated heterocycles. The minimum atomic E-state index is -0.559. The second kappa shape index (κ2) is 8.62. The van der Waals surface area contributed by atoms with Crippen molar-refractivity contribution in [3.05, 3.63) is 54.6 Å². The van der Waals surface area contributed by atoms with Crippen LogP contribution in [-0.2, 0) is 19.1 Å². The molecular weight excluding hydrogens is 306 g/mol. The number of nitrogens with one attached hydrogen (secondary N) is 1. The summed E-state index contributed by atoms with van der Waals surface area (Å²) in [6.45, 7) is 1.03. The third-order valence-corrected chi connectivity index (χ3v) is 3.33. The van der Waals surface area contributed by atoms with Crippen LogP contribution in [0.5, 0.6) is 0 Å². The Morgan fingerprint density at radius 1 is 0.917 bits per heavy atom. The van der Waals surface area contributed by atoms with Crippen molar-refractivity contribution < 1.29 is 19.1 Å². The molecule has 2 aromatic rings. The van der Waals surface area contributed by atoms with Gasteiger partial charge in [0, 0.05) is 17.7 Å². The third kappa shape index (κ3) is 5.35. The zero-order chi connectivity index (χ0) is 17.4. The van der Waals surface area contributed by atoms with Gasteiger partial charge < -0.3 is 14.8 Å². The van der Waals surface area contributed by atoms with Crippen LogP contribution >= 0.6 is 0 Å². The van der Waals surface area contributed by atoms with E-state index in [4.69, 9.17) is 4.74 Å². The summed E-state index contributed by atoms with van der Waals surface area (Å²) in [5.41, 5.74) is 2.51. The lowest BCUT2D eigenvalue weighted by molar-refractivity contribution is -0.148. The molecular formula is C19H19NO4. The van der Waals surface area contributed by atoms with Gasteiger partial charge in [-0.1, -0.05) is 48.5 Å². The van der Waals surface area contributed by atoms with Gasteiger partial charge >= 0.3 is 5.97 Å². The summed E-state index contributed by atoms with van der Waals surface area (Å²) >= 11 is 0. The molecule has 0 aliphatic heterocycles. The zero-order valence-electron chi connectivity index (χ0n) is 13.5. The number of benzene rings is 2. The van der Waals surface area contributed by atoms with Crippen molar-refractivity contribution in [3.8, 4) is 11.1 Å². The van der Waals surface area contributed by atoms with Gasteiger partial charge in [-0.25, -0.2) is 0 Å². The molecule has 0 heterocycles. The number of anilines is 1. The second-order valence-electron chi connectivity index (χ2n) is 5.32. The number of ketones is 1. The van der Waals surface area contributed by atoms with Crippen molar-refractivity contribution in [3.63, 3.8) is 0 Å². The zero-order valence-corrected chi connectivity index (χ0v) is 13.5. The number of ether oxygens (including phenoxy) is 1. The summed E-state index contributed by atoms with van der Waals surface area (Å²) in [6.07, 6.45) is 0.112. The normalized spacial score (nSPS) is 10.0. The maximum atomic E-state index is 12.0. The molecule has 124 valence electrons. The van der Waals surface area contributed by atoms with Crippen molar-refractivity contribution in [1.29, 1.82) is 0 Å². The Morgan fingerprint density at radius 3 is 2.29 bits per heavy atom. The summed E-state index contributed by atoms with van der Waals surface area (Å²) in [5, 5.41) is 2.75. The number of rotatable bonds is 7. The number of esters is 1. The average molecular weight is 325 g/mol. The van der Waals surface area contributed by atoms with E-state index in [0.717, 1.165) is 11.1 Å². The van der Waals surface area contributed by atoms with Gasteiger partial charge in [0.25, 0.3) is 5.91 Å². The van der Waals surface area contributed by atoms with Gasteiger partial charge in [-0.2, -0.15) is 0 Å². The van der Waals surface area contributed by atoms with E-state index in [1.165, 1.54) is 6.92 Å². The van der Waals surface area contributed by atoms with Gasteiger partial charge in [0.1, 0.15) is 5.78 Å². The lowest BCUT2D eigenvalue weighted by atomic mass is 10.0. The first-order chi connectivity index (χ1) is 11.6. The SMILES string of the molecule is CC(=O)CCC(=O)OCC(=O)Nc1ccccc1-c1ccccc1. The van der Waals surface area contributed by atoms with Crippen LogP contribution in [0, 0.1) is 0 Å². The van der Waals surface area contributed by atoms with Crippen LogP contribution in [0.3, 0.4) is 0 Å². The Kier molecular flexibility index (Phi) is 6.25. The number of hydrogen-bond donors (Lipinski definition) is 1. The quantitative estimate of drug-likeness (QED) is 0.793. The Morgan fingerprint density at radius 2 is 1.58 bits per heavy atom. The van der Waals surface area contributed by atoms with Crippen LogP contribution in [0.2, 0.25) is 0 Å². The molecule has 2 rings (SSSR count). The molecule has 0 atom stereocenters. The van der Waals surface area contributed by atoms with E-state index >= 15 is 0 Å². The fourth-order valence-electron chi connectivity index (χ4n) is 2.14. The van der Waals surface area contributed by atoms with E-state index in [2.05, 4.69) is 5.32 Å². The largest absolute Gasteiger partial charge is 0.456 e. The minimum absolute atomic E-state index is 0.0107. The third-order valence-electron chi connectivity index (χ3n) is 3.33. The van der Waals surface area contributed by atoms with E-state index in [1.807, 2.05) is 48.5 Å². The van der Waals surface area contributed by atoms with Gasteiger partial charge in [0.15, 0.2) is 6.61 Å². The molecule has 0 radical (unpaired) electrons. The Hall–Kier alpha value is -2.95. The smallest absolute Gasteiger partial charge is 0.306 e. The molecule has 5 nitrogen and oxygen atoms in total. The van der Waals surface area contributed by atoms with E-state index in [1.54, 1.807) is 6.07 Å². The molecule has 2 aromatic carbocycles. The van der Waals surface area contributed by atoms with E-state index < -0.39 is 11.9 Å². The summed E-state index contributed by atoms with van der Waals surface area (Å²) in [6, 6.07) is 17.1. The number of carbonyl (C=O) groups excluding carboxylic acids is 3. The predicted molar refractivity (Wildman–Crippen MR) is 91.4 cm³/mol. The highest BCUT2D eigenvalue weighted by atomic mass is 16.5. The lowest BCUT2D eigenvalue weighted by Crippen LogP contribution is -2.21. The molecule has 0 bridgehead atoms. The highest BCUT2D eigenvalue weighted by Gasteiger charge is 2.11. The molecule has 0 aliphatic carbocycles. The van der Waals surface area contributed by atoms with Crippen molar-refractivity contribution in [2.24, 2.45) is 0 Å². The van der Waals surface area contributed by atoms with Gasteiger partial charge in [-0.05, 0) is 18.6 Å². The Bertz CT molecular complexity index is 725. The first kappa shape index (κ1) is 17.4. The maximum Gasteiger partial charge on any atom is 0.306 e. The van der Waals surface area contributed by atoms with E-state index in [0.29, 0.717) is 5.69 Å². The van der Waals surface area contributed by atoms with E-state index in [9.17, 15) is 14.4 Å². The van der Waals surface area contributed by atoms with Crippen LogP contribution in [-0.4, -0.2) is 24.3 Å². The number of amides is 1. The van der Waals surface area contributed by atoms with Gasteiger partial charge in [0.2, 0.25) is 0 Å². The summed E-state index contributed by atoms with van der Waals surface area (Å²) in [4.78, 5) is 34.2. The summed E-state index contributed by atoms with van der Waals surface area (Å²) < 4.78 is 4.87. The van der Waals surface area contributed by atoms with Crippen LogP contribution < -0.4 is 5.32 Å². The predicted octanol–water partition coefficient (Wildman–Crippen LogP) is 3.20. The minimum Gasteiger partial charge on any atom is -0.456 e. The highest BCUT2D eigenvalue weighted by Crippen LogP contribution is 2.27. The highest BCUT2D eigenvalue weighted by molar-refractivity contribution is 5.97. The molecule has 0 unspecified atom stereocenters. The molecule has 0 spiro atoms. The fraction of sp³-hybridized carbons (Fsp3) is 0.211. The van der Waals surface area contributed by atoms with Gasteiger partial charge in [-0.3, -0.25) is 9.59 Å². The standard InChI is InChI=1S/C19H19NO4/c1-14(21)11-12-19(23)24-13-18(22)20-17-10-6-5-9-16(17)15-7-3-2-4-8-15/h2-10H,11-13H2,1H3,(H,20,22). The molecule has 0 saturated carbocycles. The summed E-state index contributed by atoms with van der Waals surface area (Å²) in [7, 11) is 0. The molecule has 24 heavy (non-hydrogen) atoms. The van der Waals surface area contributed by atoms with Crippen molar-refractivity contribution in [1.82, 2.24) is 0 Å². The van der Waals surface area contributed by atoms with Crippen molar-refractivity contribution in [2.75, 3.05) is 11.9 Å². The van der Waals surface area contributed by atoms with Crippen LogP contribution in [0.15, 0.2) is 54.6 Å². The molecule has 0 aromatic heterocycles. The van der Waals surface area contributed by atoms with Crippen LogP contribution in [0.4, 0.5) is 5.69 Å². The van der Waals surface area contributed by atoms with Gasteiger partial charge in [-0.15, -0.1) is 0 Å². The number of carbonyl (C=O) groups is 3. The first-order valence-electron chi connectivity index (χ1n) is 7.65. The fourth-order valence-corrected chi connectivity index (χ4v) is 2.14. The molecule has 0 fully saturated rings. The van der Waals surface area contributed by atoms with Crippen molar-refractivity contribution in [2.45, 2.75) is 19.8 Å². The lowest BCUT2D eigenvalue weighted by Gasteiger charge is -2.11. The summed E-state index contributed by atoms with van der Waals surface area (Å²) in [5.74, 6) is -1.07. The molecule has 1 amide bonds. The van der Waals surface area contributed by atoms with Crippen molar-refractivity contribution >= 4 is 23.3 Å². The second-order valence-corrected chi connectivity index (χ2v) is 5.32. The van der Waals surface area contributed by atoms with E-state index in [-0.39, 0.29) is 25.2 Å². The topological polar surface area (TPSA) is 72.5 Å². The number of hydrogen-bond acceptors (Lipinski definition) is 4. The van der Waals surface area contributed by atoms with Gasteiger partial charge in [0.05, 0.1) is 6.42 Å². The molecule has 5 heteroatoms. The monoisotopic (exact) mass is 325 g/mol. The van der Waals surface area contributed by atoms with Crippen LogP contribution in [0.1, 0.15) is 19.8 Å². The molecule has 1 N–H and O–H groups in total.